The number of aliphatic hydroxyl groups excluding tert-OH is 1. The lowest BCUT2D eigenvalue weighted by atomic mass is 10.2. The summed E-state index contributed by atoms with van der Waals surface area (Å²) >= 11 is 3.35. The van der Waals surface area contributed by atoms with Gasteiger partial charge in [-0.05, 0) is 36.8 Å². The van der Waals surface area contributed by atoms with Crippen LogP contribution >= 0.6 is 15.9 Å². The van der Waals surface area contributed by atoms with Crippen molar-refractivity contribution in [3.8, 4) is 11.6 Å². The summed E-state index contributed by atoms with van der Waals surface area (Å²) in [5.41, 5.74) is 0.455. The summed E-state index contributed by atoms with van der Waals surface area (Å²) in [6.45, 7) is 0.491. The second-order valence-electron chi connectivity index (χ2n) is 4.27. The summed E-state index contributed by atoms with van der Waals surface area (Å²) in [6, 6.07) is 10.7. The molecule has 0 radical (unpaired) electrons. The van der Waals surface area contributed by atoms with Gasteiger partial charge in [0.1, 0.15) is 5.75 Å². The average Bonchev–Trinajstić information content (AvgIpc) is 2.50. The number of rotatable bonds is 6. The van der Waals surface area contributed by atoms with Crippen molar-refractivity contribution >= 4 is 21.8 Å². The number of aliphatic hydroxyl groups is 1. The maximum Gasteiger partial charge on any atom is 0.252 e. The molecular weight excluding hydrogens is 336 g/mol. The predicted molar refractivity (Wildman–Crippen MR) is 82.5 cm³/mol. The lowest BCUT2D eigenvalue weighted by Gasteiger charge is -2.06. The van der Waals surface area contributed by atoms with Crippen molar-refractivity contribution in [2.24, 2.45) is 0 Å². The molecule has 0 saturated carbocycles. The highest BCUT2D eigenvalue weighted by molar-refractivity contribution is 9.10. The predicted octanol–water partition coefficient (Wildman–Crippen LogP) is 2.75. The van der Waals surface area contributed by atoms with Crippen molar-refractivity contribution in [2.45, 2.75) is 6.42 Å². The molecule has 2 aromatic rings. The number of amides is 1. The van der Waals surface area contributed by atoms with E-state index in [1.807, 2.05) is 24.3 Å². The van der Waals surface area contributed by atoms with Crippen LogP contribution in [0.5, 0.6) is 11.6 Å². The molecule has 6 heteroatoms. The molecule has 0 spiro atoms. The number of aromatic nitrogens is 1. The van der Waals surface area contributed by atoms with E-state index in [-0.39, 0.29) is 12.5 Å². The summed E-state index contributed by atoms with van der Waals surface area (Å²) < 4.78 is 6.54. The molecule has 0 fully saturated rings. The van der Waals surface area contributed by atoms with E-state index < -0.39 is 0 Å². The molecule has 110 valence electrons. The van der Waals surface area contributed by atoms with Crippen LogP contribution in [0.3, 0.4) is 0 Å². The molecule has 0 aliphatic carbocycles. The van der Waals surface area contributed by atoms with E-state index >= 15 is 0 Å². The van der Waals surface area contributed by atoms with Crippen molar-refractivity contribution in [2.75, 3.05) is 13.2 Å². The van der Waals surface area contributed by atoms with E-state index in [9.17, 15) is 4.79 Å². The van der Waals surface area contributed by atoms with Crippen LogP contribution in [-0.4, -0.2) is 29.1 Å². The number of hydrogen-bond donors (Lipinski definition) is 2. The molecule has 21 heavy (non-hydrogen) atoms. The normalized spacial score (nSPS) is 10.2. The van der Waals surface area contributed by atoms with Crippen LogP contribution in [0.2, 0.25) is 0 Å². The van der Waals surface area contributed by atoms with Crippen LogP contribution in [0.4, 0.5) is 0 Å². The molecule has 2 N–H and O–H groups in total. The maximum absolute atomic E-state index is 11.7. The first kappa shape index (κ1) is 15.5. The van der Waals surface area contributed by atoms with Crippen molar-refractivity contribution in [3.05, 3.63) is 52.6 Å². The SMILES string of the molecule is O=C(NCCCO)c1ccc(Oc2ccc(Br)cc2)nc1. The Bertz CT molecular complexity index is 585. The number of carbonyl (C=O) groups excluding carboxylic acids is 1. The lowest BCUT2D eigenvalue weighted by molar-refractivity contribution is 0.0951. The fourth-order valence-electron chi connectivity index (χ4n) is 1.58. The highest BCUT2D eigenvalue weighted by atomic mass is 79.9. The zero-order valence-corrected chi connectivity index (χ0v) is 12.8. The molecule has 0 atom stereocenters. The summed E-state index contributed by atoms with van der Waals surface area (Å²) in [7, 11) is 0. The third-order valence-corrected chi connectivity index (χ3v) is 3.18. The Morgan fingerprint density at radius 2 is 2.00 bits per heavy atom. The topological polar surface area (TPSA) is 71.5 Å². The average molecular weight is 351 g/mol. The molecule has 0 saturated heterocycles. The largest absolute Gasteiger partial charge is 0.439 e. The fraction of sp³-hybridized carbons (Fsp3) is 0.200. The second kappa shape index (κ2) is 7.75. The summed E-state index contributed by atoms with van der Waals surface area (Å²) in [5.74, 6) is 0.876. The van der Waals surface area contributed by atoms with Crippen LogP contribution in [0.25, 0.3) is 0 Å². The molecule has 0 aliphatic heterocycles. The number of hydrogen-bond acceptors (Lipinski definition) is 4. The number of nitrogens with one attached hydrogen (secondary N) is 1. The van der Waals surface area contributed by atoms with Gasteiger partial charge in [0.2, 0.25) is 5.88 Å². The highest BCUT2D eigenvalue weighted by Crippen LogP contribution is 2.21. The quantitative estimate of drug-likeness (QED) is 0.785. The van der Waals surface area contributed by atoms with E-state index in [1.165, 1.54) is 6.20 Å². The van der Waals surface area contributed by atoms with Gasteiger partial charge in [-0.15, -0.1) is 0 Å². The van der Waals surface area contributed by atoms with Gasteiger partial charge in [0.05, 0.1) is 5.56 Å². The number of pyridine rings is 1. The molecule has 0 bridgehead atoms. The zero-order chi connectivity index (χ0) is 15.1. The van der Waals surface area contributed by atoms with Crippen LogP contribution in [0, 0.1) is 0 Å². The van der Waals surface area contributed by atoms with Crippen LogP contribution in [-0.2, 0) is 0 Å². The summed E-state index contributed by atoms with van der Waals surface area (Å²) in [5, 5.41) is 11.4. The Labute approximate surface area is 131 Å². The standard InChI is InChI=1S/C15H15BrN2O3/c16-12-3-5-13(6-4-12)21-14-7-2-11(10-18-14)15(20)17-8-1-9-19/h2-7,10,19H,1,8-9H2,(H,17,20). The van der Waals surface area contributed by atoms with Crippen molar-refractivity contribution in [1.29, 1.82) is 0 Å². The third kappa shape index (κ3) is 4.84. The Balaban J connectivity index is 1.95. The second-order valence-corrected chi connectivity index (χ2v) is 5.19. The lowest BCUT2D eigenvalue weighted by Crippen LogP contribution is -2.25. The van der Waals surface area contributed by atoms with E-state index in [0.29, 0.717) is 30.2 Å². The molecule has 5 nitrogen and oxygen atoms in total. The number of halogens is 1. The number of nitrogens with zero attached hydrogens (tertiary/aromatic N) is 1. The highest BCUT2D eigenvalue weighted by Gasteiger charge is 2.06. The number of benzene rings is 1. The molecule has 0 aliphatic rings. The van der Waals surface area contributed by atoms with E-state index in [2.05, 4.69) is 26.2 Å². The van der Waals surface area contributed by atoms with E-state index in [4.69, 9.17) is 9.84 Å². The fourth-order valence-corrected chi connectivity index (χ4v) is 1.85. The van der Waals surface area contributed by atoms with Crippen molar-refractivity contribution in [3.63, 3.8) is 0 Å². The first-order valence-electron chi connectivity index (χ1n) is 6.47. The third-order valence-electron chi connectivity index (χ3n) is 2.66. The van der Waals surface area contributed by atoms with E-state index in [0.717, 1.165) is 4.47 Å². The van der Waals surface area contributed by atoms with E-state index in [1.54, 1.807) is 12.1 Å². The molecule has 2 rings (SSSR count). The monoisotopic (exact) mass is 350 g/mol. The Morgan fingerprint density at radius 3 is 2.62 bits per heavy atom. The number of carbonyl (C=O) groups is 1. The summed E-state index contributed by atoms with van der Waals surface area (Å²) in [6.07, 6.45) is 1.99. The van der Waals surface area contributed by atoms with Gasteiger partial charge in [0.15, 0.2) is 0 Å². The van der Waals surface area contributed by atoms with Crippen molar-refractivity contribution < 1.29 is 14.6 Å². The van der Waals surface area contributed by atoms with Gasteiger partial charge >= 0.3 is 0 Å². The molecule has 1 aromatic heterocycles. The molecular formula is C15H15BrN2O3. The first-order chi connectivity index (χ1) is 10.2. The van der Waals surface area contributed by atoms with Gasteiger partial charge in [-0.2, -0.15) is 0 Å². The minimum absolute atomic E-state index is 0.0541. The number of ether oxygens (including phenoxy) is 1. The zero-order valence-electron chi connectivity index (χ0n) is 11.3. The Kier molecular flexibility index (Phi) is 5.71. The molecule has 1 amide bonds. The molecule has 0 unspecified atom stereocenters. The Morgan fingerprint density at radius 1 is 1.24 bits per heavy atom. The minimum Gasteiger partial charge on any atom is -0.439 e. The Hall–Kier alpha value is -1.92. The van der Waals surface area contributed by atoms with Gasteiger partial charge in [0, 0.05) is 29.9 Å². The van der Waals surface area contributed by atoms with Crippen LogP contribution in [0.1, 0.15) is 16.8 Å². The van der Waals surface area contributed by atoms with Gasteiger partial charge in [-0.1, -0.05) is 15.9 Å². The van der Waals surface area contributed by atoms with Gasteiger partial charge in [0.25, 0.3) is 5.91 Å². The van der Waals surface area contributed by atoms with Crippen LogP contribution < -0.4 is 10.1 Å². The smallest absolute Gasteiger partial charge is 0.252 e. The maximum atomic E-state index is 11.7. The first-order valence-corrected chi connectivity index (χ1v) is 7.27. The molecule has 1 heterocycles. The van der Waals surface area contributed by atoms with Crippen molar-refractivity contribution in [1.82, 2.24) is 10.3 Å². The summed E-state index contributed by atoms with van der Waals surface area (Å²) in [4.78, 5) is 15.8. The van der Waals surface area contributed by atoms with Gasteiger partial charge in [-0.25, -0.2) is 4.98 Å². The van der Waals surface area contributed by atoms with Crippen LogP contribution in [0.15, 0.2) is 47.1 Å². The van der Waals surface area contributed by atoms with Gasteiger partial charge in [-0.3, -0.25) is 4.79 Å². The minimum atomic E-state index is -0.217. The molecule has 1 aromatic carbocycles. The van der Waals surface area contributed by atoms with Gasteiger partial charge < -0.3 is 15.2 Å².